The van der Waals surface area contributed by atoms with E-state index in [1.165, 1.54) is 11.8 Å². The molecule has 0 atom stereocenters. The number of thiocarbonyl (C=S) groups is 1. The van der Waals surface area contributed by atoms with Crippen molar-refractivity contribution in [3.05, 3.63) is 0 Å². The fourth-order valence-corrected chi connectivity index (χ4v) is 1.08. The van der Waals surface area contributed by atoms with Gasteiger partial charge in [-0.05, 0) is 6.42 Å². The fourth-order valence-electron chi connectivity index (χ4n) is 0.276. The molecule has 0 spiro atoms. The molecule has 0 heterocycles. The van der Waals surface area contributed by atoms with Crippen molar-refractivity contribution < 1.29 is 0 Å². The summed E-state index contributed by atoms with van der Waals surface area (Å²) in [6.07, 6.45) is 2.85. The number of hydrogen-bond donors (Lipinski definition) is 1. The van der Waals surface area contributed by atoms with E-state index in [2.05, 4.69) is 12.2 Å². The highest BCUT2D eigenvalue weighted by molar-refractivity contribution is 8.22. The Morgan fingerprint density at radius 2 is 2.56 bits per heavy atom. The van der Waals surface area contributed by atoms with Gasteiger partial charge in [-0.25, -0.2) is 0 Å². The van der Waals surface area contributed by atoms with Gasteiger partial charge in [0.15, 0.2) is 6.19 Å². The zero-order valence-corrected chi connectivity index (χ0v) is 6.81. The van der Waals surface area contributed by atoms with Crippen LogP contribution in [0.15, 0.2) is 0 Å². The van der Waals surface area contributed by atoms with Crippen molar-refractivity contribution in [1.29, 1.82) is 5.26 Å². The Labute approximate surface area is 64.6 Å². The lowest BCUT2D eigenvalue weighted by atomic mass is 10.6. The second kappa shape index (κ2) is 5.86. The van der Waals surface area contributed by atoms with E-state index in [1.54, 1.807) is 6.19 Å². The molecule has 2 nitrogen and oxygen atoms in total. The summed E-state index contributed by atoms with van der Waals surface area (Å²) in [6, 6.07) is 0. The molecule has 0 aromatic carbocycles. The molecule has 0 saturated heterocycles. The second-order valence-electron chi connectivity index (χ2n) is 1.37. The highest BCUT2D eigenvalue weighted by Crippen LogP contribution is 2.02. The van der Waals surface area contributed by atoms with Gasteiger partial charge in [0.05, 0.1) is 0 Å². The zero-order valence-electron chi connectivity index (χ0n) is 5.18. The minimum atomic E-state index is 0.569. The third-order valence-corrected chi connectivity index (χ3v) is 2.03. The Hall–Kier alpha value is -0.270. The van der Waals surface area contributed by atoms with Crippen LogP contribution in [0.2, 0.25) is 0 Å². The van der Waals surface area contributed by atoms with Crippen LogP contribution in [0.25, 0.3) is 0 Å². The molecule has 0 radical (unpaired) electrons. The smallest absolute Gasteiger partial charge is 0.182 e. The lowest BCUT2D eigenvalue weighted by molar-refractivity contribution is 1.11. The van der Waals surface area contributed by atoms with Gasteiger partial charge in [0, 0.05) is 5.75 Å². The molecule has 4 heteroatoms. The Morgan fingerprint density at radius 1 is 1.89 bits per heavy atom. The summed E-state index contributed by atoms with van der Waals surface area (Å²) in [5.41, 5.74) is 0. The maximum Gasteiger partial charge on any atom is 0.182 e. The fraction of sp³-hybridized carbons (Fsp3) is 0.600. The maximum atomic E-state index is 8.07. The van der Waals surface area contributed by atoms with Gasteiger partial charge in [-0.3, -0.25) is 5.32 Å². The van der Waals surface area contributed by atoms with E-state index in [0.717, 1.165) is 12.2 Å². The second-order valence-corrected chi connectivity index (χ2v) is 3.14. The van der Waals surface area contributed by atoms with E-state index in [9.17, 15) is 0 Å². The third kappa shape index (κ3) is 5.60. The lowest BCUT2D eigenvalue weighted by Crippen LogP contribution is -2.10. The first-order valence-corrected chi connectivity index (χ1v) is 4.02. The van der Waals surface area contributed by atoms with E-state index in [4.69, 9.17) is 17.5 Å². The van der Waals surface area contributed by atoms with Crippen LogP contribution in [-0.4, -0.2) is 10.1 Å². The Morgan fingerprint density at radius 3 is 3.00 bits per heavy atom. The molecule has 0 aromatic heterocycles. The lowest BCUT2D eigenvalue weighted by Gasteiger charge is -1.95. The molecule has 0 bridgehead atoms. The van der Waals surface area contributed by atoms with E-state index in [0.29, 0.717) is 4.32 Å². The van der Waals surface area contributed by atoms with Crippen LogP contribution in [0.1, 0.15) is 13.3 Å². The average molecular weight is 160 g/mol. The average Bonchev–Trinajstić information content (AvgIpc) is 1.85. The van der Waals surface area contributed by atoms with Crippen molar-refractivity contribution in [2.45, 2.75) is 13.3 Å². The minimum absolute atomic E-state index is 0.569. The van der Waals surface area contributed by atoms with Gasteiger partial charge in [-0.1, -0.05) is 30.9 Å². The summed E-state index contributed by atoms with van der Waals surface area (Å²) < 4.78 is 0.569. The molecule has 9 heavy (non-hydrogen) atoms. The quantitative estimate of drug-likeness (QED) is 0.377. The highest BCUT2D eigenvalue weighted by Gasteiger charge is 1.91. The maximum absolute atomic E-state index is 8.07. The largest absolute Gasteiger partial charge is 0.278 e. The van der Waals surface area contributed by atoms with E-state index in [1.807, 2.05) is 0 Å². The summed E-state index contributed by atoms with van der Waals surface area (Å²) in [6.45, 7) is 2.07. The first-order valence-electron chi connectivity index (χ1n) is 2.63. The molecule has 0 aliphatic heterocycles. The highest BCUT2D eigenvalue weighted by atomic mass is 32.2. The topological polar surface area (TPSA) is 35.8 Å². The number of thioether (sulfide) groups is 1. The Bertz CT molecular complexity index is 127. The predicted octanol–water partition coefficient (Wildman–Crippen LogP) is 1.49. The molecule has 50 valence electrons. The first kappa shape index (κ1) is 8.73. The molecule has 0 fully saturated rings. The predicted molar refractivity (Wildman–Crippen MR) is 44.1 cm³/mol. The molecule has 0 unspecified atom stereocenters. The monoisotopic (exact) mass is 160 g/mol. The molecular formula is C5H8N2S2. The van der Waals surface area contributed by atoms with Crippen LogP contribution in [-0.2, 0) is 0 Å². The van der Waals surface area contributed by atoms with Crippen LogP contribution >= 0.6 is 24.0 Å². The molecule has 0 aliphatic carbocycles. The molecular weight excluding hydrogens is 152 g/mol. The van der Waals surface area contributed by atoms with Crippen molar-refractivity contribution in [3.8, 4) is 6.19 Å². The van der Waals surface area contributed by atoms with E-state index >= 15 is 0 Å². The summed E-state index contributed by atoms with van der Waals surface area (Å²) in [4.78, 5) is 0. The molecule has 0 amide bonds. The molecule has 0 aromatic rings. The molecule has 0 saturated carbocycles. The van der Waals surface area contributed by atoms with Gasteiger partial charge in [0.1, 0.15) is 4.32 Å². The standard InChI is InChI=1S/C5H8N2S2/c1-2-3-9-5(8)7-4-6/h2-3H2,1H3,(H,7,8). The minimum Gasteiger partial charge on any atom is -0.278 e. The van der Waals surface area contributed by atoms with Crippen LogP contribution < -0.4 is 5.32 Å². The Balaban J connectivity index is 3.19. The van der Waals surface area contributed by atoms with E-state index in [-0.39, 0.29) is 0 Å². The summed E-state index contributed by atoms with van der Waals surface area (Å²) in [5, 5.41) is 10.5. The van der Waals surface area contributed by atoms with Crippen molar-refractivity contribution in [1.82, 2.24) is 5.32 Å². The van der Waals surface area contributed by atoms with Crippen molar-refractivity contribution in [2.24, 2.45) is 0 Å². The molecule has 0 aliphatic rings. The Kier molecular flexibility index (Phi) is 5.68. The van der Waals surface area contributed by atoms with Crippen LogP contribution in [0.5, 0.6) is 0 Å². The van der Waals surface area contributed by atoms with Gasteiger partial charge in [0.25, 0.3) is 0 Å². The third-order valence-electron chi connectivity index (χ3n) is 0.595. The summed E-state index contributed by atoms with van der Waals surface area (Å²) >= 11 is 6.25. The zero-order chi connectivity index (χ0) is 7.11. The van der Waals surface area contributed by atoms with Crippen molar-refractivity contribution in [3.63, 3.8) is 0 Å². The van der Waals surface area contributed by atoms with Gasteiger partial charge < -0.3 is 0 Å². The molecule has 0 rings (SSSR count). The van der Waals surface area contributed by atoms with Crippen molar-refractivity contribution >= 4 is 28.3 Å². The number of nitriles is 1. The first-order chi connectivity index (χ1) is 4.31. The molecule has 1 N–H and O–H groups in total. The number of nitrogens with zero attached hydrogens (tertiary/aromatic N) is 1. The number of rotatable bonds is 2. The van der Waals surface area contributed by atoms with Crippen LogP contribution in [0.4, 0.5) is 0 Å². The number of nitrogens with one attached hydrogen (secondary N) is 1. The number of hydrogen-bond acceptors (Lipinski definition) is 3. The van der Waals surface area contributed by atoms with Gasteiger partial charge in [0.2, 0.25) is 0 Å². The van der Waals surface area contributed by atoms with Gasteiger partial charge >= 0.3 is 0 Å². The summed E-state index contributed by atoms with van der Waals surface area (Å²) in [7, 11) is 0. The van der Waals surface area contributed by atoms with Crippen LogP contribution in [0.3, 0.4) is 0 Å². The van der Waals surface area contributed by atoms with Crippen LogP contribution in [0, 0.1) is 11.5 Å². The van der Waals surface area contributed by atoms with Gasteiger partial charge in [-0.2, -0.15) is 5.26 Å². The SMILES string of the molecule is CCCSC(=S)NC#N. The normalized spacial score (nSPS) is 8.00. The van der Waals surface area contributed by atoms with E-state index < -0.39 is 0 Å². The van der Waals surface area contributed by atoms with Gasteiger partial charge in [-0.15, -0.1) is 0 Å². The summed E-state index contributed by atoms with van der Waals surface area (Å²) in [5.74, 6) is 0.980. The van der Waals surface area contributed by atoms with Crippen molar-refractivity contribution in [2.75, 3.05) is 5.75 Å².